The van der Waals surface area contributed by atoms with Gasteiger partial charge in [0.15, 0.2) is 5.13 Å². The van der Waals surface area contributed by atoms with E-state index in [0.29, 0.717) is 10.7 Å². The number of rotatable bonds is 3. The van der Waals surface area contributed by atoms with Crippen LogP contribution in [-0.2, 0) is 0 Å². The Bertz CT molecular complexity index is 1330. The van der Waals surface area contributed by atoms with Crippen molar-refractivity contribution in [3.63, 3.8) is 0 Å². The third-order valence-electron chi connectivity index (χ3n) is 4.49. The number of hydrogen-bond acceptors (Lipinski definition) is 6. The van der Waals surface area contributed by atoms with Crippen LogP contribution in [0, 0.1) is 13.8 Å². The average Bonchev–Trinajstić information content (AvgIpc) is 3.37. The van der Waals surface area contributed by atoms with Gasteiger partial charge in [-0.15, -0.1) is 11.3 Å². The smallest absolute Gasteiger partial charge is 0.260 e. The van der Waals surface area contributed by atoms with Crippen molar-refractivity contribution in [2.75, 3.05) is 5.32 Å². The summed E-state index contributed by atoms with van der Waals surface area (Å²) < 4.78 is 3.92. The maximum atomic E-state index is 12.8. The molecule has 0 aliphatic rings. The van der Waals surface area contributed by atoms with Gasteiger partial charge in [-0.1, -0.05) is 29.5 Å². The van der Waals surface area contributed by atoms with Crippen molar-refractivity contribution in [1.82, 2.24) is 19.7 Å². The minimum Gasteiger partial charge on any atom is -0.298 e. The van der Waals surface area contributed by atoms with Gasteiger partial charge in [0, 0.05) is 0 Å². The predicted molar refractivity (Wildman–Crippen MR) is 114 cm³/mol. The SMILES string of the molecule is Cc1nc2ccc3nc(NC(=O)c4cnn(-c5ccccc5)c4C)sc3c2s1. The standard InChI is InChI=1S/C20H15N5OS2/c1-11-14(10-21-25(11)13-6-4-3-5-7-13)19(26)24-20-23-16-9-8-15-17(18(16)28-20)27-12(2)22-15/h3-10H,1-2H3,(H,23,24,26). The van der Waals surface area contributed by atoms with Gasteiger partial charge in [-0.25, -0.2) is 14.6 Å². The van der Waals surface area contributed by atoms with Crippen molar-refractivity contribution in [3.8, 4) is 5.69 Å². The first-order valence-corrected chi connectivity index (χ1v) is 10.3. The molecular formula is C20H15N5OS2. The van der Waals surface area contributed by atoms with Crippen LogP contribution < -0.4 is 5.32 Å². The molecule has 0 fully saturated rings. The lowest BCUT2D eigenvalue weighted by molar-refractivity contribution is 0.102. The number of para-hydroxylation sites is 1. The molecule has 2 aromatic carbocycles. The van der Waals surface area contributed by atoms with Crippen LogP contribution in [-0.4, -0.2) is 25.7 Å². The molecule has 0 saturated heterocycles. The van der Waals surface area contributed by atoms with Crippen molar-refractivity contribution >= 4 is 54.1 Å². The number of carbonyl (C=O) groups is 1. The molecule has 1 N–H and O–H groups in total. The molecule has 28 heavy (non-hydrogen) atoms. The first kappa shape index (κ1) is 17.0. The highest BCUT2D eigenvalue weighted by atomic mass is 32.1. The molecule has 1 amide bonds. The molecule has 3 aromatic heterocycles. The van der Waals surface area contributed by atoms with E-state index in [9.17, 15) is 4.79 Å². The number of amides is 1. The number of hydrogen-bond donors (Lipinski definition) is 1. The second-order valence-corrected chi connectivity index (χ2v) is 8.56. The Morgan fingerprint density at radius 1 is 0.964 bits per heavy atom. The van der Waals surface area contributed by atoms with Crippen LogP contribution in [0.4, 0.5) is 5.13 Å². The molecule has 5 aromatic rings. The lowest BCUT2D eigenvalue weighted by Gasteiger charge is -2.05. The monoisotopic (exact) mass is 405 g/mol. The van der Waals surface area contributed by atoms with E-state index >= 15 is 0 Å². The lowest BCUT2D eigenvalue weighted by atomic mass is 10.2. The number of aryl methyl sites for hydroxylation is 1. The summed E-state index contributed by atoms with van der Waals surface area (Å²) in [5.74, 6) is -0.213. The Morgan fingerprint density at radius 3 is 2.46 bits per heavy atom. The summed E-state index contributed by atoms with van der Waals surface area (Å²) in [6, 6.07) is 13.7. The topological polar surface area (TPSA) is 72.7 Å². The second-order valence-electron chi connectivity index (χ2n) is 6.36. The van der Waals surface area contributed by atoms with Gasteiger partial charge in [0.25, 0.3) is 5.91 Å². The molecule has 0 aliphatic heterocycles. The van der Waals surface area contributed by atoms with Crippen LogP contribution in [0.1, 0.15) is 21.1 Å². The van der Waals surface area contributed by atoms with Crippen molar-refractivity contribution in [2.45, 2.75) is 13.8 Å². The molecule has 0 saturated carbocycles. The summed E-state index contributed by atoms with van der Waals surface area (Å²) in [6.07, 6.45) is 1.59. The van der Waals surface area contributed by atoms with E-state index in [1.54, 1.807) is 22.2 Å². The number of nitrogens with zero attached hydrogens (tertiary/aromatic N) is 4. The Morgan fingerprint density at radius 2 is 1.68 bits per heavy atom. The highest BCUT2D eigenvalue weighted by Crippen LogP contribution is 2.35. The summed E-state index contributed by atoms with van der Waals surface area (Å²) in [5.41, 5.74) is 4.07. The fourth-order valence-electron chi connectivity index (χ4n) is 3.16. The van der Waals surface area contributed by atoms with Gasteiger partial charge < -0.3 is 0 Å². The fourth-order valence-corrected chi connectivity index (χ4v) is 5.17. The third-order valence-corrected chi connectivity index (χ3v) is 6.63. The molecule has 6 nitrogen and oxygen atoms in total. The molecule has 0 aliphatic carbocycles. The summed E-state index contributed by atoms with van der Waals surface area (Å²) >= 11 is 3.12. The molecule has 0 bridgehead atoms. The number of aromatic nitrogens is 4. The number of anilines is 1. The van der Waals surface area contributed by atoms with Gasteiger partial charge >= 0.3 is 0 Å². The molecule has 138 valence electrons. The van der Waals surface area contributed by atoms with Crippen molar-refractivity contribution in [1.29, 1.82) is 0 Å². The third kappa shape index (κ3) is 2.78. The molecule has 0 unspecified atom stereocenters. The predicted octanol–water partition coefficient (Wildman–Crippen LogP) is 4.96. The molecule has 5 rings (SSSR count). The van der Waals surface area contributed by atoms with E-state index in [4.69, 9.17) is 0 Å². The first-order chi connectivity index (χ1) is 13.6. The Hall–Kier alpha value is -3.10. The molecule has 8 heteroatoms. The number of benzene rings is 2. The first-order valence-electron chi connectivity index (χ1n) is 8.68. The van der Waals surface area contributed by atoms with E-state index in [2.05, 4.69) is 20.4 Å². The molecule has 3 heterocycles. The number of thiazole rings is 2. The highest BCUT2D eigenvalue weighted by molar-refractivity contribution is 7.28. The quantitative estimate of drug-likeness (QED) is 0.460. The molecule has 0 spiro atoms. The second kappa shape index (κ2) is 6.50. The van der Waals surface area contributed by atoms with Crippen LogP contribution in [0.15, 0.2) is 48.7 Å². The number of fused-ring (bicyclic) bond motifs is 3. The summed E-state index contributed by atoms with van der Waals surface area (Å²) in [4.78, 5) is 21.9. The molecule has 0 radical (unpaired) electrons. The summed E-state index contributed by atoms with van der Waals surface area (Å²) in [5, 5.41) is 8.88. The summed E-state index contributed by atoms with van der Waals surface area (Å²) in [7, 11) is 0. The van der Waals surface area contributed by atoms with E-state index in [0.717, 1.165) is 36.8 Å². The Balaban J connectivity index is 1.47. The van der Waals surface area contributed by atoms with Gasteiger partial charge in [-0.2, -0.15) is 5.10 Å². The minimum atomic E-state index is -0.213. The van der Waals surface area contributed by atoms with Gasteiger partial charge in [0.05, 0.1) is 48.6 Å². The summed E-state index contributed by atoms with van der Waals surface area (Å²) in [6.45, 7) is 3.88. The highest BCUT2D eigenvalue weighted by Gasteiger charge is 2.18. The van der Waals surface area contributed by atoms with E-state index in [1.165, 1.54) is 11.3 Å². The van der Waals surface area contributed by atoms with Gasteiger partial charge in [0.2, 0.25) is 0 Å². The van der Waals surface area contributed by atoms with Crippen LogP contribution in [0.5, 0.6) is 0 Å². The van der Waals surface area contributed by atoms with Crippen LogP contribution in [0.2, 0.25) is 0 Å². The Labute approximate surface area is 168 Å². The van der Waals surface area contributed by atoms with Gasteiger partial charge in [0.1, 0.15) is 0 Å². The Kier molecular flexibility index (Phi) is 3.96. The minimum absolute atomic E-state index is 0.213. The lowest BCUT2D eigenvalue weighted by Crippen LogP contribution is -2.12. The van der Waals surface area contributed by atoms with Gasteiger partial charge in [-0.05, 0) is 38.1 Å². The molecule has 0 atom stereocenters. The van der Waals surface area contributed by atoms with E-state index < -0.39 is 0 Å². The maximum absolute atomic E-state index is 12.8. The maximum Gasteiger partial charge on any atom is 0.260 e. The van der Waals surface area contributed by atoms with E-state index in [1.807, 2.05) is 56.3 Å². The average molecular weight is 406 g/mol. The van der Waals surface area contributed by atoms with Gasteiger partial charge in [-0.3, -0.25) is 10.1 Å². The zero-order chi connectivity index (χ0) is 19.3. The normalized spacial score (nSPS) is 11.4. The van der Waals surface area contributed by atoms with Crippen molar-refractivity contribution < 1.29 is 4.79 Å². The molecular weight excluding hydrogens is 390 g/mol. The largest absolute Gasteiger partial charge is 0.298 e. The number of carbonyl (C=O) groups excluding carboxylic acids is 1. The van der Waals surface area contributed by atoms with Crippen LogP contribution >= 0.6 is 22.7 Å². The van der Waals surface area contributed by atoms with Crippen molar-refractivity contribution in [2.24, 2.45) is 0 Å². The zero-order valence-corrected chi connectivity index (χ0v) is 16.8. The zero-order valence-electron chi connectivity index (χ0n) is 15.1. The number of nitrogens with one attached hydrogen (secondary N) is 1. The van der Waals surface area contributed by atoms with Crippen LogP contribution in [0.25, 0.3) is 26.1 Å². The fraction of sp³-hybridized carbons (Fsp3) is 0.100. The van der Waals surface area contributed by atoms with E-state index in [-0.39, 0.29) is 5.91 Å². The van der Waals surface area contributed by atoms with Crippen molar-refractivity contribution in [3.05, 3.63) is 64.9 Å². The van der Waals surface area contributed by atoms with Crippen LogP contribution in [0.3, 0.4) is 0 Å².